The zero-order chi connectivity index (χ0) is 13.7. The number of carbonyl (C=O) groups excluding carboxylic acids is 1. The van der Waals surface area contributed by atoms with Gasteiger partial charge in [0.2, 0.25) is 0 Å². The number of ether oxygens (including phenoxy) is 1. The van der Waals surface area contributed by atoms with Crippen LogP contribution in [0, 0.1) is 17.5 Å². The lowest BCUT2D eigenvalue weighted by Crippen LogP contribution is -2.24. The van der Waals surface area contributed by atoms with E-state index in [1.165, 1.54) is 0 Å². The first kappa shape index (κ1) is 14.4. The Morgan fingerprint density at radius 2 is 1.89 bits per heavy atom. The molecule has 0 spiro atoms. The molecule has 7 heteroatoms. The van der Waals surface area contributed by atoms with E-state index in [4.69, 9.17) is 0 Å². The molecule has 0 aliphatic rings. The van der Waals surface area contributed by atoms with Crippen molar-refractivity contribution in [3.05, 3.63) is 29.6 Å². The second-order valence-corrected chi connectivity index (χ2v) is 3.74. The number of nitrogens with one attached hydrogen (secondary N) is 1. The molecule has 0 radical (unpaired) electrons. The van der Waals surface area contributed by atoms with Gasteiger partial charge in [-0.2, -0.15) is 0 Å². The van der Waals surface area contributed by atoms with Crippen LogP contribution in [-0.4, -0.2) is 17.6 Å². The molecule has 0 aliphatic heterocycles. The van der Waals surface area contributed by atoms with Crippen LogP contribution in [0.1, 0.15) is 13.3 Å². The third-order valence-electron chi connectivity index (χ3n) is 1.88. The Hall–Kier alpha value is -1.63. The second-order valence-electron chi connectivity index (χ2n) is 3.34. The summed E-state index contributed by atoms with van der Waals surface area (Å²) in [5.74, 6) is -4.48. The molecule has 3 nitrogen and oxygen atoms in total. The van der Waals surface area contributed by atoms with Crippen molar-refractivity contribution in [1.29, 1.82) is 0 Å². The lowest BCUT2D eigenvalue weighted by atomic mass is 10.3. The van der Waals surface area contributed by atoms with Crippen LogP contribution in [0.3, 0.4) is 0 Å². The van der Waals surface area contributed by atoms with Crippen LogP contribution in [0.25, 0.3) is 0 Å². The summed E-state index contributed by atoms with van der Waals surface area (Å²) in [6.07, 6.45) is 0.605. The highest BCUT2D eigenvalue weighted by molar-refractivity contribution is 7.82. The molecule has 1 N–H and O–H groups in total. The van der Waals surface area contributed by atoms with Crippen molar-refractivity contribution >= 4 is 28.9 Å². The molecule has 0 bridgehead atoms. The number of thiocarbonyl (C=S) groups is 1. The van der Waals surface area contributed by atoms with E-state index in [0.29, 0.717) is 18.6 Å². The first-order valence-electron chi connectivity index (χ1n) is 5.08. The Morgan fingerprint density at radius 1 is 1.28 bits per heavy atom. The van der Waals surface area contributed by atoms with Crippen molar-refractivity contribution in [1.82, 2.24) is 0 Å². The molecular weight excluding hydrogens is 267 g/mol. The molecule has 0 fully saturated rings. The fourth-order valence-corrected chi connectivity index (χ4v) is 1.22. The molecule has 0 aliphatic carbocycles. The molecule has 0 atom stereocenters. The van der Waals surface area contributed by atoms with Gasteiger partial charge in [0.1, 0.15) is 5.82 Å². The van der Waals surface area contributed by atoms with Crippen LogP contribution in [0.4, 0.5) is 18.9 Å². The van der Waals surface area contributed by atoms with Crippen LogP contribution in [0.2, 0.25) is 0 Å². The van der Waals surface area contributed by atoms with Gasteiger partial charge < -0.3 is 10.1 Å². The monoisotopic (exact) mass is 277 g/mol. The van der Waals surface area contributed by atoms with E-state index >= 15 is 0 Å². The van der Waals surface area contributed by atoms with Gasteiger partial charge in [0.15, 0.2) is 16.6 Å². The van der Waals surface area contributed by atoms with E-state index in [9.17, 15) is 18.0 Å². The minimum atomic E-state index is -1.32. The molecule has 0 heterocycles. The van der Waals surface area contributed by atoms with Crippen molar-refractivity contribution in [3.63, 3.8) is 0 Å². The predicted molar refractivity (Wildman–Crippen MR) is 63.8 cm³/mol. The highest BCUT2D eigenvalue weighted by atomic mass is 32.1. The standard InChI is InChI=1S/C11H10F3NO2S/c1-2-3-17-11(16)10(18)15-9-5-7(13)6(12)4-8(9)14/h4-5H,2-3H2,1H3,(H,15,18). The molecule has 1 aromatic rings. The van der Waals surface area contributed by atoms with Gasteiger partial charge in [0, 0.05) is 12.1 Å². The fraction of sp³-hybridized carbons (Fsp3) is 0.273. The molecule has 0 saturated carbocycles. The van der Waals surface area contributed by atoms with Gasteiger partial charge in [-0.3, -0.25) is 0 Å². The Kier molecular flexibility index (Phi) is 5.08. The van der Waals surface area contributed by atoms with Crippen LogP contribution in [-0.2, 0) is 9.53 Å². The highest BCUT2D eigenvalue weighted by Crippen LogP contribution is 2.18. The maximum atomic E-state index is 13.2. The summed E-state index contributed by atoms with van der Waals surface area (Å²) in [7, 11) is 0. The maximum Gasteiger partial charge on any atom is 0.366 e. The molecular formula is C11H10F3NO2S. The van der Waals surface area contributed by atoms with E-state index < -0.39 is 34.1 Å². The molecule has 1 rings (SSSR count). The molecule has 18 heavy (non-hydrogen) atoms. The van der Waals surface area contributed by atoms with Crippen molar-refractivity contribution < 1.29 is 22.7 Å². The Bertz CT molecular complexity index is 480. The normalized spacial score (nSPS) is 10.0. The zero-order valence-corrected chi connectivity index (χ0v) is 10.2. The third kappa shape index (κ3) is 3.69. The number of anilines is 1. The number of rotatable bonds is 3. The first-order chi connectivity index (χ1) is 8.45. The van der Waals surface area contributed by atoms with E-state index in [0.717, 1.165) is 0 Å². The smallest absolute Gasteiger partial charge is 0.366 e. The van der Waals surface area contributed by atoms with E-state index in [2.05, 4.69) is 22.3 Å². The van der Waals surface area contributed by atoms with Gasteiger partial charge in [-0.05, 0) is 6.42 Å². The predicted octanol–water partition coefficient (Wildman–Crippen LogP) is 2.80. The van der Waals surface area contributed by atoms with Crippen molar-refractivity contribution in [3.8, 4) is 0 Å². The van der Waals surface area contributed by atoms with Gasteiger partial charge in [0.05, 0.1) is 12.3 Å². The lowest BCUT2D eigenvalue weighted by Gasteiger charge is -2.08. The zero-order valence-electron chi connectivity index (χ0n) is 9.43. The topological polar surface area (TPSA) is 38.3 Å². The minimum absolute atomic E-state index is 0.168. The number of benzene rings is 1. The quantitative estimate of drug-likeness (QED) is 0.524. The van der Waals surface area contributed by atoms with E-state index in [1.54, 1.807) is 6.92 Å². The maximum absolute atomic E-state index is 13.2. The average molecular weight is 277 g/mol. The molecule has 0 amide bonds. The van der Waals surface area contributed by atoms with Gasteiger partial charge >= 0.3 is 5.97 Å². The van der Waals surface area contributed by atoms with Crippen molar-refractivity contribution in [2.45, 2.75) is 13.3 Å². The van der Waals surface area contributed by atoms with Gasteiger partial charge in [-0.15, -0.1) is 0 Å². The van der Waals surface area contributed by atoms with Crippen LogP contribution < -0.4 is 5.32 Å². The van der Waals surface area contributed by atoms with Crippen molar-refractivity contribution in [2.75, 3.05) is 11.9 Å². The van der Waals surface area contributed by atoms with Gasteiger partial charge in [-0.1, -0.05) is 19.1 Å². The average Bonchev–Trinajstić information content (AvgIpc) is 2.32. The minimum Gasteiger partial charge on any atom is -0.460 e. The third-order valence-corrected chi connectivity index (χ3v) is 2.15. The van der Waals surface area contributed by atoms with Crippen LogP contribution in [0.5, 0.6) is 0 Å². The van der Waals surface area contributed by atoms with Gasteiger partial charge in [-0.25, -0.2) is 18.0 Å². The molecule has 1 aromatic carbocycles. The second kappa shape index (κ2) is 6.34. The van der Waals surface area contributed by atoms with Gasteiger partial charge in [0.25, 0.3) is 0 Å². The summed E-state index contributed by atoms with van der Waals surface area (Å²) in [6.45, 7) is 1.96. The van der Waals surface area contributed by atoms with E-state index in [-0.39, 0.29) is 6.61 Å². The lowest BCUT2D eigenvalue weighted by molar-refractivity contribution is -0.135. The summed E-state index contributed by atoms with van der Waals surface area (Å²) >= 11 is 4.64. The largest absolute Gasteiger partial charge is 0.460 e. The summed E-state index contributed by atoms with van der Waals surface area (Å²) in [6, 6.07) is 0.932. The highest BCUT2D eigenvalue weighted by Gasteiger charge is 2.15. The Labute approximate surface area is 107 Å². The number of hydrogen-bond donors (Lipinski definition) is 1. The number of esters is 1. The van der Waals surface area contributed by atoms with Crippen LogP contribution in [0.15, 0.2) is 12.1 Å². The van der Waals surface area contributed by atoms with Crippen LogP contribution >= 0.6 is 12.2 Å². The van der Waals surface area contributed by atoms with E-state index in [1.807, 2.05) is 0 Å². The fourth-order valence-electron chi connectivity index (χ4n) is 1.05. The molecule has 98 valence electrons. The molecule has 0 aromatic heterocycles. The molecule has 0 saturated heterocycles. The number of hydrogen-bond acceptors (Lipinski definition) is 3. The number of carbonyl (C=O) groups is 1. The number of halogens is 3. The molecule has 0 unspecified atom stereocenters. The summed E-state index contributed by atoms with van der Waals surface area (Å²) < 4.78 is 43.4. The summed E-state index contributed by atoms with van der Waals surface area (Å²) in [4.78, 5) is 10.8. The Morgan fingerprint density at radius 3 is 2.50 bits per heavy atom. The summed E-state index contributed by atoms with van der Waals surface area (Å²) in [5, 5.41) is 2.16. The summed E-state index contributed by atoms with van der Waals surface area (Å²) in [5.41, 5.74) is -0.424. The first-order valence-corrected chi connectivity index (χ1v) is 5.49. The Balaban J connectivity index is 2.76. The SMILES string of the molecule is CCCOC(=O)C(=S)Nc1cc(F)c(F)cc1F. The van der Waals surface area contributed by atoms with Crippen molar-refractivity contribution in [2.24, 2.45) is 0 Å².